The van der Waals surface area contributed by atoms with Gasteiger partial charge in [0.15, 0.2) is 0 Å². The van der Waals surface area contributed by atoms with Gasteiger partial charge in [-0.25, -0.2) is 0 Å². The molecule has 2 aromatic rings. The largest absolute Gasteiger partial charge is 0.494 e. The van der Waals surface area contributed by atoms with E-state index in [1.165, 1.54) is 5.56 Å². The van der Waals surface area contributed by atoms with Gasteiger partial charge >= 0.3 is 0 Å². The molecule has 0 saturated carbocycles. The highest BCUT2D eigenvalue weighted by atomic mass is 16.5. The Morgan fingerprint density at radius 3 is 2.40 bits per heavy atom. The van der Waals surface area contributed by atoms with Gasteiger partial charge in [0.05, 0.1) is 6.61 Å². The lowest BCUT2D eigenvalue weighted by atomic mass is 9.75. The summed E-state index contributed by atoms with van der Waals surface area (Å²) >= 11 is 0. The molecule has 0 heterocycles. The minimum absolute atomic E-state index is 0.0784. The first-order chi connectivity index (χ1) is 9.55. The van der Waals surface area contributed by atoms with Crippen molar-refractivity contribution in [1.82, 2.24) is 0 Å². The van der Waals surface area contributed by atoms with Crippen LogP contribution in [-0.2, 0) is 5.41 Å². The molecule has 0 aromatic heterocycles. The first kappa shape index (κ1) is 14.6. The van der Waals surface area contributed by atoms with Crippen LogP contribution >= 0.6 is 0 Å². The van der Waals surface area contributed by atoms with Gasteiger partial charge in [-0.15, -0.1) is 0 Å². The van der Waals surface area contributed by atoms with Crippen LogP contribution in [0.25, 0.3) is 0 Å². The summed E-state index contributed by atoms with van der Waals surface area (Å²) in [5.41, 5.74) is 8.73. The summed E-state index contributed by atoms with van der Waals surface area (Å²) in [6.07, 6.45) is 0. The minimum atomic E-state index is -0.133. The number of nitrogens with two attached hydrogens (primary N) is 1. The maximum atomic E-state index is 6.51. The lowest BCUT2D eigenvalue weighted by molar-refractivity contribution is 0.338. The third-order valence-electron chi connectivity index (χ3n) is 3.82. The highest BCUT2D eigenvalue weighted by Gasteiger charge is 2.29. The van der Waals surface area contributed by atoms with Gasteiger partial charge in [0.25, 0.3) is 0 Å². The monoisotopic (exact) mass is 269 g/mol. The van der Waals surface area contributed by atoms with Crippen LogP contribution < -0.4 is 10.5 Å². The van der Waals surface area contributed by atoms with E-state index in [1.54, 1.807) is 0 Å². The van der Waals surface area contributed by atoms with Gasteiger partial charge in [-0.1, -0.05) is 56.3 Å². The van der Waals surface area contributed by atoms with E-state index in [0.29, 0.717) is 6.61 Å². The van der Waals surface area contributed by atoms with E-state index in [4.69, 9.17) is 10.5 Å². The molecule has 0 fully saturated rings. The Morgan fingerprint density at radius 1 is 1.05 bits per heavy atom. The van der Waals surface area contributed by atoms with Gasteiger partial charge in [-0.3, -0.25) is 0 Å². The molecule has 0 aliphatic rings. The molecule has 1 unspecified atom stereocenters. The van der Waals surface area contributed by atoms with Crippen molar-refractivity contribution in [1.29, 1.82) is 0 Å². The molecule has 0 bridgehead atoms. The summed E-state index contributed by atoms with van der Waals surface area (Å²) in [6.45, 7) is 7.02. The second-order valence-corrected chi connectivity index (χ2v) is 5.57. The van der Waals surface area contributed by atoms with Gasteiger partial charge < -0.3 is 10.5 Å². The Hall–Kier alpha value is -1.80. The summed E-state index contributed by atoms with van der Waals surface area (Å²) in [5.74, 6) is 0.879. The van der Waals surface area contributed by atoms with Crippen molar-refractivity contribution in [3.05, 3.63) is 65.7 Å². The lowest BCUT2D eigenvalue weighted by Gasteiger charge is -2.32. The Kier molecular flexibility index (Phi) is 4.46. The van der Waals surface area contributed by atoms with Crippen LogP contribution in [0.1, 0.15) is 37.9 Å². The fourth-order valence-electron chi connectivity index (χ4n) is 2.43. The molecule has 1 atom stereocenters. The molecule has 2 aromatic carbocycles. The summed E-state index contributed by atoms with van der Waals surface area (Å²) in [4.78, 5) is 0. The molecule has 0 aliphatic carbocycles. The summed E-state index contributed by atoms with van der Waals surface area (Å²) < 4.78 is 5.56. The summed E-state index contributed by atoms with van der Waals surface area (Å²) in [6, 6.07) is 18.4. The molecular weight excluding hydrogens is 246 g/mol. The molecule has 2 heteroatoms. The fourth-order valence-corrected chi connectivity index (χ4v) is 2.43. The molecule has 2 rings (SSSR count). The zero-order valence-electron chi connectivity index (χ0n) is 12.5. The maximum Gasteiger partial charge on any atom is 0.119 e. The molecule has 0 radical (unpaired) electrons. The average Bonchev–Trinajstić information content (AvgIpc) is 2.48. The van der Waals surface area contributed by atoms with Crippen LogP contribution in [0.3, 0.4) is 0 Å². The Labute approximate surface area is 121 Å². The van der Waals surface area contributed by atoms with Crippen LogP contribution in [0.2, 0.25) is 0 Å². The SMILES string of the molecule is CCOc1cccc(C(N)C(C)(C)c2ccccc2)c1. The van der Waals surface area contributed by atoms with Gasteiger partial charge in [0.1, 0.15) is 5.75 Å². The van der Waals surface area contributed by atoms with E-state index in [9.17, 15) is 0 Å². The molecule has 0 aliphatic heterocycles. The van der Waals surface area contributed by atoms with E-state index < -0.39 is 0 Å². The molecule has 2 N–H and O–H groups in total. The first-order valence-electron chi connectivity index (χ1n) is 7.09. The number of ether oxygens (including phenoxy) is 1. The van der Waals surface area contributed by atoms with Gasteiger partial charge in [-0.05, 0) is 30.2 Å². The van der Waals surface area contributed by atoms with Crippen molar-refractivity contribution in [3.8, 4) is 5.75 Å². The van der Waals surface area contributed by atoms with E-state index in [-0.39, 0.29) is 11.5 Å². The zero-order chi connectivity index (χ0) is 14.6. The van der Waals surface area contributed by atoms with Gasteiger partial charge in [-0.2, -0.15) is 0 Å². The smallest absolute Gasteiger partial charge is 0.119 e. The minimum Gasteiger partial charge on any atom is -0.494 e. The number of hydrogen-bond donors (Lipinski definition) is 1. The van der Waals surface area contributed by atoms with E-state index in [2.05, 4.69) is 44.2 Å². The van der Waals surface area contributed by atoms with E-state index in [1.807, 2.05) is 31.2 Å². The first-order valence-corrected chi connectivity index (χ1v) is 7.09. The van der Waals surface area contributed by atoms with Crippen LogP contribution in [0.4, 0.5) is 0 Å². The van der Waals surface area contributed by atoms with Crippen molar-refractivity contribution >= 4 is 0 Å². The normalized spacial score (nSPS) is 13.0. The topological polar surface area (TPSA) is 35.2 Å². The molecule has 2 nitrogen and oxygen atoms in total. The average molecular weight is 269 g/mol. The third kappa shape index (κ3) is 3.02. The second kappa shape index (κ2) is 6.10. The highest BCUT2D eigenvalue weighted by molar-refractivity contribution is 5.35. The fraction of sp³-hybridized carbons (Fsp3) is 0.333. The molecule has 106 valence electrons. The summed E-state index contributed by atoms with van der Waals surface area (Å²) in [7, 11) is 0. The predicted molar refractivity (Wildman–Crippen MR) is 84.0 cm³/mol. The van der Waals surface area contributed by atoms with Crippen LogP contribution in [0, 0.1) is 0 Å². The molecule has 0 spiro atoms. The quantitative estimate of drug-likeness (QED) is 0.888. The Morgan fingerprint density at radius 2 is 1.75 bits per heavy atom. The maximum absolute atomic E-state index is 6.51. The standard InChI is InChI=1S/C18H23NO/c1-4-20-16-12-8-9-14(13-16)17(19)18(2,3)15-10-6-5-7-11-15/h5-13,17H,4,19H2,1-3H3. The molecule has 0 saturated heterocycles. The lowest BCUT2D eigenvalue weighted by Crippen LogP contribution is -2.33. The third-order valence-corrected chi connectivity index (χ3v) is 3.82. The number of rotatable bonds is 5. The van der Waals surface area contributed by atoms with Crippen molar-refractivity contribution in [3.63, 3.8) is 0 Å². The van der Waals surface area contributed by atoms with Crippen molar-refractivity contribution in [2.45, 2.75) is 32.2 Å². The Bertz CT molecular complexity index is 548. The second-order valence-electron chi connectivity index (χ2n) is 5.57. The molecule has 0 amide bonds. The van der Waals surface area contributed by atoms with Crippen LogP contribution in [-0.4, -0.2) is 6.61 Å². The van der Waals surface area contributed by atoms with E-state index in [0.717, 1.165) is 11.3 Å². The number of benzene rings is 2. The Balaban J connectivity index is 2.30. The number of hydrogen-bond acceptors (Lipinski definition) is 2. The van der Waals surface area contributed by atoms with Crippen LogP contribution in [0.5, 0.6) is 5.75 Å². The van der Waals surface area contributed by atoms with Crippen molar-refractivity contribution in [2.24, 2.45) is 5.73 Å². The van der Waals surface area contributed by atoms with Crippen LogP contribution in [0.15, 0.2) is 54.6 Å². The highest BCUT2D eigenvalue weighted by Crippen LogP contribution is 2.35. The van der Waals surface area contributed by atoms with E-state index >= 15 is 0 Å². The zero-order valence-corrected chi connectivity index (χ0v) is 12.5. The van der Waals surface area contributed by atoms with Crippen molar-refractivity contribution < 1.29 is 4.74 Å². The predicted octanol–water partition coefficient (Wildman–Crippen LogP) is 4.06. The molecular formula is C18H23NO. The van der Waals surface area contributed by atoms with Crippen molar-refractivity contribution in [2.75, 3.05) is 6.61 Å². The molecule has 20 heavy (non-hydrogen) atoms. The summed E-state index contributed by atoms with van der Waals surface area (Å²) in [5, 5.41) is 0. The van der Waals surface area contributed by atoms with Gasteiger partial charge in [0, 0.05) is 11.5 Å². The van der Waals surface area contributed by atoms with Gasteiger partial charge in [0.2, 0.25) is 0 Å².